The molecule has 5 rings (SSSR count). The van der Waals surface area contributed by atoms with Crippen LogP contribution in [0.1, 0.15) is 56.8 Å². The molecule has 0 radical (unpaired) electrons. The van der Waals surface area contributed by atoms with Gasteiger partial charge in [-0.25, -0.2) is 14.8 Å². The highest BCUT2D eigenvalue weighted by molar-refractivity contribution is 6.07. The van der Waals surface area contributed by atoms with Gasteiger partial charge in [-0.1, -0.05) is 18.2 Å². The molecule has 0 spiro atoms. The van der Waals surface area contributed by atoms with E-state index in [-0.39, 0.29) is 18.0 Å². The fraction of sp³-hybridized carbons (Fsp3) is 0.500. The second-order valence-electron chi connectivity index (χ2n) is 12.3. The molecule has 3 aromatic rings. The van der Waals surface area contributed by atoms with E-state index in [1.165, 1.54) is 0 Å². The van der Waals surface area contributed by atoms with Crippen LogP contribution < -0.4 is 15.5 Å². The highest BCUT2D eigenvalue weighted by Crippen LogP contribution is 2.28. The lowest BCUT2D eigenvalue weighted by atomic mass is 9.86. The molecule has 1 saturated heterocycles. The second kappa shape index (κ2) is 12.4. The first-order valence-electron chi connectivity index (χ1n) is 14.7. The van der Waals surface area contributed by atoms with Gasteiger partial charge in [-0.2, -0.15) is 0 Å². The van der Waals surface area contributed by atoms with Crippen LogP contribution >= 0.6 is 0 Å². The molecular formula is C32H42N6O3. The highest BCUT2D eigenvalue weighted by atomic mass is 16.6. The average molecular weight is 559 g/mol. The minimum atomic E-state index is -0.506. The van der Waals surface area contributed by atoms with Crippen molar-refractivity contribution in [3.8, 4) is 11.3 Å². The molecule has 1 aromatic carbocycles. The normalized spacial score (nSPS) is 20.0. The van der Waals surface area contributed by atoms with Crippen molar-refractivity contribution in [2.45, 2.75) is 58.1 Å². The Labute approximate surface area is 242 Å². The number of ether oxygens (including phenoxy) is 1. The molecular weight excluding hydrogens is 516 g/mol. The molecule has 2 N–H and O–H groups in total. The van der Waals surface area contributed by atoms with Crippen LogP contribution in [0.2, 0.25) is 0 Å². The summed E-state index contributed by atoms with van der Waals surface area (Å²) >= 11 is 0. The standard InChI is InChI=1S/C32H42N6O3/c1-32(2,3)41-31(40)34-20-22-9-12-24(13-10-22)35-30(39)26-19-28(36-27-8-6-5-7-25(26)27)23-11-14-29(33-21-23)38-17-15-37(4)16-18-38/h5-8,11,14,19,21-22,24H,9-10,12-13,15-18,20H2,1-4H3,(H,34,40)(H,35,39)/t22-,24-. The van der Waals surface area contributed by atoms with E-state index in [1.54, 1.807) is 0 Å². The van der Waals surface area contributed by atoms with Gasteiger partial charge in [0.25, 0.3) is 5.91 Å². The number of carbonyl (C=O) groups is 2. The SMILES string of the molecule is CN1CCN(c2ccc(-c3cc(C(=O)N[C@H]4CC[C@H](CNC(=O)OC(C)(C)C)CC4)c4ccccc4n3)cn2)CC1. The molecule has 2 aromatic heterocycles. The van der Waals surface area contributed by atoms with Crippen molar-refractivity contribution in [1.82, 2.24) is 25.5 Å². The van der Waals surface area contributed by atoms with Crippen LogP contribution in [0.3, 0.4) is 0 Å². The van der Waals surface area contributed by atoms with Crippen LogP contribution in [0.5, 0.6) is 0 Å². The van der Waals surface area contributed by atoms with Crippen molar-refractivity contribution < 1.29 is 14.3 Å². The Morgan fingerprint density at radius 3 is 2.41 bits per heavy atom. The molecule has 1 saturated carbocycles. The number of hydrogen-bond acceptors (Lipinski definition) is 7. The van der Waals surface area contributed by atoms with E-state index < -0.39 is 5.60 Å². The van der Waals surface area contributed by atoms with Crippen LogP contribution in [0.15, 0.2) is 48.7 Å². The number of pyridine rings is 2. The lowest BCUT2D eigenvalue weighted by Gasteiger charge is -2.33. The number of fused-ring (bicyclic) bond motifs is 1. The number of anilines is 1. The molecule has 41 heavy (non-hydrogen) atoms. The van der Waals surface area contributed by atoms with Crippen molar-refractivity contribution in [3.63, 3.8) is 0 Å². The molecule has 2 aliphatic rings. The van der Waals surface area contributed by atoms with E-state index in [9.17, 15) is 9.59 Å². The zero-order chi connectivity index (χ0) is 29.0. The Bertz CT molecular complexity index is 1350. The Morgan fingerprint density at radius 2 is 1.73 bits per heavy atom. The Balaban J connectivity index is 1.23. The van der Waals surface area contributed by atoms with Crippen LogP contribution in [-0.4, -0.2) is 78.3 Å². The summed E-state index contributed by atoms with van der Waals surface area (Å²) in [6.07, 6.45) is 5.11. The van der Waals surface area contributed by atoms with E-state index in [1.807, 2.05) is 69.4 Å². The molecule has 1 aliphatic heterocycles. The number of nitrogens with zero attached hydrogens (tertiary/aromatic N) is 4. The highest BCUT2D eigenvalue weighted by Gasteiger charge is 2.25. The van der Waals surface area contributed by atoms with Crippen molar-refractivity contribution in [2.75, 3.05) is 44.7 Å². The number of aromatic nitrogens is 2. The summed E-state index contributed by atoms with van der Waals surface area (Å²) in [5.74, 6) is 1.27. The smallest absolute Gasteiger partial charge is 0.407 e. The summed E-state index contributed by atoms with van der Waals surface area (Å²) < 4.78 is 5.35. The van der Waals surface area contributed by atoms with E-state index in [0.29, 0.717) is 18.0 Å². The first-order valence-corrected chi connectivity index (χ1v) is 14.7. The van der Waals surface area contributed by atoms with Crippen LogP contribution in [0.4, 0.5) is 10.6 Å². The quantitative estimate of drug-likeness (QED) is 0.446. The molecule has 2 amide bonds. The third-order valence-electron chi connectivity index (χ3n) is 7.95. The molecule has 2 fully saturated rings. The third-order valence-corrected chi connectivity index (χ3v) is 7.95. The number of likely N-dealkylation sites (N-methyl/N-ethyl adjacent to an activating group) is 1. The summed E-state index contributed by atoms with van der Waals surface area (Å²) in [6.45, 7) is 10.1. The molecule has 0 atom stereocenters. The topological polar surface area (TPSA) is 99.7 Å². The van der Waals surface area contributed by atoms with Crippen molar-refractivity contribution in [2.24, 2.45) is 5.92 Å². The van der Waals surface area contributed by atoms with Gasteiger partial charge in [-0.3, -0.25) is 4.79 Å². The van der Waals surface area contributed by atoms with Gasteiger partial charge in [0.05, 0.1) is 16.8 Å². The fourth-order valence-electron chi connectivity index (χ4n) is 5.59. The Kier molecular flexibility index (Phi) is 8.73. The van der Waals surface area contributed by atoms with Crippen molar-refractivity contribution in [1.29, 1.82) is 0 Å². The maximum Gasteiger partial charge on any atom is 0.407 e. The van der Waals surface area contributed by atoms with E-state index in [0.717, 1.165) is 79.8 Å². The molecule has 218 valence electrons. The zero-order valence-corrected chi connectivity index (χ0v) is 24.7. The van der Waals surface area contributed by atoms with Gasteiger partial charge < -0.3 is 25.2 Å². The lowest BCUT2D eigenvalue weighted by Crippen LogP contribution is -2.44. The second-order valence-corrected chi connectivity index (χ2v) is 12.3. The summed E-state index contributed by atoms with van der Waals surface area (Å²) in [5.41, 5.74) is 2.54. The maximum atomic E-state index is 13.6. The summed E-state index contributed by atoms with van der Waals surface area (Å²) in [5, 5.41) is 7.00. The number of carbonyl (C=O) groups excluding carboxylic acids is 2. The number of rotatable bonds is 6. The first kappa shape index (κ1) is 28.8. The number of hydrogen-bond donors (Lipinski definition) is 2. The molecule has 0 unspecified atom stereocenters. The maximum absolute atomic E-state index is 13.6. The van der Waals surface area contributed by atoms with Crippen LogP contribution in [0.25, 0.3) is 22.2 Å². The van der Waals surface area contributed by atoms with E-state index in [2.05, 4.69) is 27.5 Å². The van der Waals surface area contributed by atoms with Crippen molar-refractivity contribution in [3.05, 3.63) is 54.2 Å². The van der Waals surface area contributed by atoms with Gasteiger partial charge in [-0.15, -0.1) is 0 Å². The van der Waals surface area contributed by atoms with Gasteiger partial charge in [-0.05, 0) is 83.7 Å². The minimum absolute atomic E-state index is 0.0813. The lowest BCUT2D eigenvalue weighted by molar-refractivity contribution is 0.0514. The number of piperazine rings is 1. The predicted octanol–water partition coefficient (Wildman–Crippen LogP) is 4.86. The molecule has 0 bridgehead atoms. The zero-order valence-electron chi connectivity index (χ0n) is 24.7. The summed E-state index contributed by atoms with van der Waals surface area (Å²) in [7, 11) is 2.14. The molecule has 9 nitrogen and oxygen atoms in total. The van der Waals surface area contributed by atoms with Gasteiger partial charge in [0.2, 0.25) is 0 Å². The number of para-hydroxylation sites is 1. The molecule has 3 heterocycles. The number of amides is 2. The Hall–Kier alpha value is -3.72. The fourth-order valence-corrected chi connectivity index (χ4v) is 5.59. The van der Waals surface area contributed by atoms with Crippen molar-refractivity contribution >= 4 is 28.7 Å². The van der Waals surface area contributed by atoms with Gasteiger partial charge >= 0.3 is 6.09 Å². The predicted molar refractivity (Wildman–Crippen MR) is 162 cm³/mol. The van der Waals surface area contributed by atoms with Gasteiger partial charge in [0, 0.05) is 55.9 Å². The number of benzene rings is 1. The van der Waals surface area contributed by atoms with Crippen LogP contribution in [-0.2, 0) is 4.74 Å². The number of nitrogens with one attached hydrogen (secondary N) is 2. The average Bonchev–Trinajstić information content (AvgIpc) is 2.96. The monoisotopic (exact) mass is 558 g/mol. The molecule has 1 aliphatic carbocycles. The first-order chi connectivity index (χ1) is 19.6. The number of alkyl carbamates (subject to hydrolysis) is 1. The Morgan fingerprint density at radius 1 is 1.00 bits per heavy atom. The minimum Gasteiger partial charge on any atom is -0.444 e. The summed E-state index contributed by atoms with van der Waals surface area (Å²) in [6, 6.07) is 13.9. The van der Waals surface area contributed by atoms with E-state index >= 15 is 0 Å². The molecule has 9 heteroatoms. The van der Waals surface area contributed by atoms with E-state index in [4.69, 9.17) is 14.7 Å². The van der Waals surface area contributed by atoms with Gasteiger partial charge in [0.15, 0.2) is 0 Å². The summed E-state index contributed by atoms with van der Waals surface area (Å²) in [4.78, 5) is 39.8. The van der Waals surface area contributed by atoms with Crippen LogP contribution in [0, 0.1) is 5.92 Å². The largest absolute Gasteiger partial charge is 0.444 e. The third kappa shape index (κ3) is 7.52. The van der Waals surface area contributed by atoms with Gasteiger partial charge in [0.1, 0.15) is 11.4 Å².